The molecule has 2 atom stereocenters. The maximum atomic E-state index is 12.2. The quantitative estimate of drug-likeness (QED) is 0.0512. The molecule has 0 aliphatic rings. The number of carbonyl (C=O) groups is 2. The Morgan fingerprint density at radius 2 is 0.796 bits per heavy atom. The molecule has 0 aromatic heterocycles. The van der Waals surface area contributed by atoms with Crippen LogP contribution in [0.3, 0.4) is 0 Å². The number of ether oxygens (including phenoxy) is 2. The van der Waals surface area contributed by atoms with Gasteiger partial charge in [0.15, 0.2) is 6.10 Å². The van der Waals surface area contributed by atoms with E-state index < -0.39 is 6.10 Å². The van der Waals surface area contributed by atoms with E-state index >= 15 is 0 Å². The Bertz CT molecular complexity index is 693. The summed E-state index contributed by atoms with van der Waals surface area (Å²) in [5.41, 5.74) is 0. The number of aliphatic hydroxyl groups excluding tert-OH is 1. The summed E-state index contributed by atoms with van der Waals surface area (Å²) in [6.07, 6.45) is 40.3. The van der Waals surface area contributed by atoms with Crippen molar-refractivity contribution in [2.75, 3.05) is 13.2 Å². The number of carbonyl (C=O) groups excluding carboxylic acids is 2. The van der Waals surface area contributed by atoms with Gasteiger partial charge in [0.1, 0.15) is 6.61 Å². The van der Waals surface area contributed by atoms with Crippen molar-refractivity contribution < 1.29 is 24.2 Å². The minimum atomic E-state index is -0.763. The fraction of sp³-hybridized carbons (Fsp3) is 0.955. The van der Waals surface area contributed by atoms with Gasteiger partial charge in [0.25, 0.3) is 0 Å². The van der Waals surface area contributed by atoms with E-state index in [-0.39, 0.29) is 25.2 Å². The molecule has 1 N–H and O–H groups in total. The van der Waals surface area contributed by atoms with Crippen molar-refractivity contribution in [2.24, 2.45) is 11.8 Å². The second-order valence-corrected chi connectivity index (χ2v) is 15.9. The Hall–Kier alpha value is -1.10. The van der Waals surface area contributed by atoms with Gasteiger partial charge in [-0.05, 0) is 24.7 Å². The molecule has 0 heterocycles. The molecule has 292 valence electrons. The maximum absolute atomic E-state index is 12.2. The number of esters is 2. The van der Waals surface area contributed by atoms with Crippen LogP contribution in [0, 0.1) is 11.8 Å². The molecule has 0 aliphatic carbocycles. The maximum Gasteiger partial charge on any atom is 0.306 e. The smallest absolute Gasteiger partial charge is 0.306 e. The summed E-state index contributed by atoms with van der Waals surface area (Å²) in [4.78, 5) is 24.3. The van der Waals surface area contributed by atoms with Gasteiger partial charge in [-0.3, -0.25) is 9.59 Å². The predicted molar refractivity (Wildman–Crippen MR) is 210 cm³/mol. The van der Waals surface area contributed by atoms with Crippen molar-refractivity contribution in [3.8, 4) is 0 Å². The Morgan fingerprint density at radius 3 is 1.14 bits per heavy atom. The molecular weight excluding hydrogens is 608 g/mol. The van der Waals surface area contributed by atoms with Gasteiger partial charge in [0.2, 0.25) is 0 Å². The van der Waals surface area contributed by atoms with Crippen LogP contribution in [-0.2, 0) is 19.1 Å². The van der Waals surface area contributed by atoms with E-state index in [2.05, 4.69) is 27.7 Å². The minimum Gasteiger partial charge on any atom is -0.462 e. The first-order chi connectivity index (χ1) is 23.9. The zero-order valence-corrected chi connectivity index (χ0v) is 33.6. The lowest BCUT2D eigenvalue weighted by molar-refractivity contribution is -0.161. The molecule has 0 rings (SSSR count). The van der Waals surface area contributed by atoms with Crippen LogP contribution in [-0.4, -0.2) is 36.4 Å². The second kappa shape index (κ2) is 38.1. The van der Waals surface area contributed by atoms with Crippen molar-refractivity contribution in [1.29, 1.82) is 0 Å². The molecular formula is C44H86O5. The summed E-state index contributed by atoms with van der Waals surface area (Å²) in [5, 5.41) is 9.57. The van der Waals surface area contributed by atoms with Crippen LogP contribution in [0.5, 0.6) is 0 Å². The highest BCUT2D eigenvalue weighted by atomic mass is 16.6. The minimum absolute atomic E-state index is 0.0583. The fourth-order valence-electron chi connectivity index (χ4n) is 6.66. The predicted octanol–water partition coefficient (Wildman–Crippen LogP) is 13.6. The third-order valence-corrected chi connectivity index (χ3v) is 10.4. The van der Waals surface area contributed by atoms with Gasteiger partial charge >= 0.3 is 11.9 Å². The lowest BCUT2D eigenvalue weighted by atomic mass is 9.99. The molecule has 1 unspecified atom stereocenters. The van der Waals surface area contributed by atoms with Crippen molar-refractivity contribution in [2.45, 2.75) is 246 Å². The molecule has 0 radical (unpaired) electrons. The Balaban J connectivity index is 3.45. The van der Waals surface area contributed by atoms with Crippen LogP contribution in [0.4, 0.5) is 0 Å². The Morgan fingerprint density at radius 1 is 0.469 bits per heavy atom. The normalized spacial score (nSPS) is 12.8. The highest BCUT2D eigenvalue weighted by Gasteiger charge is 2.16. The Labute approximate surface area is 306 Å². The molecule has 0 aromatic carbocycles. The molecule has 0 aromatic rings. The van der Waals surface area contributed by atoms with E-state index in [0.29, 0.717) is 12.8 Å². The zero-order valence-electron chi connectivity index (χ0n) is 33.6. The number of rotatable bonds is 39. The Kier molecular flexibility index (Phi) is 37.3. The van der Waals surface area contributed by atoms with Gasteiger partial charge in [-0.15, -0.1) is 0 Å². The highest BCUT2D eigenvalue weighted by molar-refractivity contribution is 5.70. The van der Waals surface area contributed by atoms with E-state index in [1.165, 1.54) is 167 Å². The molecule has 5 heteroatoms. The van der Waals surface area contributed by atoms with E-state index in [1.54, 1.807) is 0 Å². The molecule has 0 spiro atoms. The number of aliphatic hydroxyl groups is 1. The average molecular weight is 695 g/mol. The van der Waals surface area contributed by atoms with Crippen molar-refractivity contribution in [1.82, 2.24) is 0 Å². The highest BCUT2D eigenvalue weighted by Crippen LogP contribution is 2.17. The van der Waals surface area contributed by atoms with Crippen LogP contribution >= 0.6 is 0 Å². The summed E-state index contributed by atoms with van der Waals surface area (Å²) in [5.74, 6) is 1.17. The van der Waals surface area contributed by atoms with Crippen molar-refractivity contribution >= 4 is 11.9 Å². The first-order valence-electron chi connectivity index (χ1n) is 21.8. The molecule has 0 fully saturated rings. The van der Waals surface area contributed by atoms with E-state index in [9.17, 15) is 14.7 Å². The topological polar surface area (TPSA) is 72.8 Å². The van der Waals surface area contributed by atoms with Crippen LogP contribution in [0.25, 0.3) is 0 Å². The van der Waals surface area contributed by atoms with Crippen LogP contribution < -0.4 is 0 Å². The second-order valence-electron chi connectivity index (χ2n) is 15.9. The third-order valence-electron chi connectivity index (χ3n) is 10.4. The zero-order chi connectivity index (χ0) is 36.0. The van der Waals surface area contributed by atoms with Gasteiger partial charge in [-0.25, -0.2) is 0 Å². The molecule has 0 aliphatic heterocycles. The molecule has 49 heavy (non-hydrogen) atoms. The summed E-state index contributed by atoms with van der Waals surface area (Å²) < 4.78 is 10.6. The molecule has 0 saturated carbocycles. The summed E-state index contributed by atoms with van der Waals surface area (Å²) in [7, 11) is 0. The van der Waals surface area contributed by atoms with E-state index in [4.69, 9.17) is 9.47 Å². The van der Waals surface area contributed by atoms with Gasteiger partial charge in [0, 0.05) is 12.8 Å². The van der Waals surface area contributed by atoms with E-state index in [1.807, 2.05) is 0 Å². The lowest BCUT2D eigenvalue weighted by Crippen LogP contribution is -2.28. The SMILES string of the molecule is CCC(C)CCCCCCCCCCCCCCCCCCCCC(=O)OC[C@H](CO)OC(=O)CCCCCCCCCCCCC(C)C. The molecule has 0 amide bonds. The summed E-state index contributed by atoms with van der Waals surface area (Å²) >= 11 is 0. The van der Waals surface area contributed by atoms with Crippen LogP contribution in [0.1, 0.15) is 240 Å². The van der Waals surface area contributed by atoms with Crippen LogP contribution in [0.15, 0.2) is 0 Å². The summed E-state index contributed by atoms with van der Waals surface area (Å²) in [6, 6.07) is 0. The van der Waals surface area contributed by atoms with Crippen LogP contribution in [0.2, 0.25) is 0 Å². The molecule has 5 nitrogen and oxygen atoms in total. The van der Waals surface area contributed by atoms with E-state index in [0.717, 1.165) is 43.9 Å². The number of hydrogen-bond donors (Lipinski definition) is 1. The largest absolute Gasteiger partial charge is 0.462 e. The van der Waals surface area contributed by atoms with Gasteiger partial charge in [-0.1, -0.05) is 214 Å². The first-order valence-corrected chi connectivity index (χ1v) is 21.8. The third kappa shape index (κ3) is 38.0. The standard InChI is InChI=1S/C44H86O5/c1-5-41(4)35-31-27-23-19-14-12-10-8-6-7-9-11-13-15-20-24-28-32-36-43(46)48-39-42(38-45)49-44(47)37-33-29-25-21-17-16-18-22-26-30-34-40(2)3/h40-42,45H,5-39H2,1-4H3/t41?,42-/m0/s1. The number of unbranched alkanes of at least 4 members (excludes halogenated alkanes) is 26. The lowest BCUT2D eigenvalue weighted by Gasteiger charge is -2.15. The van der Waals surface area contributed by atoms with Crippen molar-refractivity contribution in [3.63, 3.8) is 0 Å². The van der Waals surface area contributed by atoms with Gasteiger partial charge in [0.05, 0.1) is 6.61 Å². The monoisotopic (exact) mass is 695 g/mol. The number of hydrogen-bond acceptors (Lipinski definition) is 5. The summed E-state index contributed by atoms with van der Waals surface area (Å²) in [6.45, 7) is 8.90. The van der Waals surface area contributed by atoms with Crippen molar-refractivity contribution in [3.05, 3.63) is 0 Å². The first kappa shape index (κ1) is 47.9. The molecule has 0 saturated heterocycles. The fourth-order valence-corrected chi connectivity index (χ4v) is 6.66. The van der Waals surface area contributed by atoms with Gasteiger partial charge in [-0.2, -0.15) is 0 Å². The average Bonchev–Trinajstić information content (AvgIpc) is 3.09. The van der Waals surface area contributed by atoms with Gasteiger partial charge < -0.3 is 14.6 Å². The molecule has 0 bridgehead atoms.